The van der Waals surface area contributed by atoms with Crippen LogP contribution < -0.4 is 10.2 Å². The maximum Gasteiger partial charge on any atom is 0.240 e. The molecule has 0 unspecified atom stereocenters. The van der Waals surface area contributed by atoms with Gasteiger partial charge in [-0.2, -0.15) is 0 Å². The van der Waals surface area contributed by atoms with Gasteiger partial charge in [0.25, 0.3) is 0 Å². The normalized spacial score (nSPS) is 19.3. The zero-order valence-corrected chi connectivity index (χ0v) is 14.4. The summed E-state index contributed by atoms with van der Waals surface area (Å²) < 4.78 is 2.12. The molecule has 0 radical (unpaired) electrons. The number of aryl methyl sites for hydroxylation is 3. The summed E-state index contributed by atoms with van der Waals surface area (Å²) >= 11 is 0. The van der Waals surface area contributed by atoms with E-state index in [0.29, 0.717) is 6.42 Å². The van der Waals surface area contributed by atoms with E-state index in [9.17, 15) is 9.59 Å². The summed E-state index contributed by atoms with van der Waals surface area (Å²) in [4.78, 5) is 30.9. The molecule has 0 saturated heterocycles. The van der Waals surface area contributed by atoms with E-state index in [-0.39, 0.29) is 24.4 Å². The number of carbonyl (C=O) groups is 2. The Morgan fingerprint density at radius 3 is 3.00 bits per heavy atom. The molecule has 0 aliphatic carbocycles. The zero-order valence-electron chi connectivity index (χ0n) is 14.4. The van der Waals surface area contributed by atoms with E-state index in [2.05, 4.69) is 14.9 Å². The van der Waals surface area contributed by atoms with Crippen LogP contribution in [0.25, 0.3) is 0 Å². The van der Waals surface area contributed by atoms with Crippen molar-refractivity contribution in [2.75, 3.05) is 11.4 Å². The minimum atomic E-state index is -0.102. The number of benzene rings is 1. The lowest BCUT2D eigenvalue weighted by atomic mass is 10.0. The van der Waals surface area contributed by atoms with Crippen molar-refractivity contribution < 1.29 is 9.59 Å². The number of amides is 2. The highest BCUT2D eigenvalue weighted by Crippen LogP contribution is 2.27. The summed E-state index contributed by atoms with van der Waals surface area (Å²) in [5.74, 6) is 1.00. The van der Waals surface area contributed by atoms with Crippen molar-refractivity contribution in [2.45, 2.75) is 45.2 Å². The molecular formula is C19H22N4O2. The molecule has 0 saturated carbocycles. The van der Waals surface area contributed by atoms with Gasteiger partial charge in [0.2, 0.25) is 11.8 Å². The number of nitrogens with one attached hydrogen (secondary N) is 1. The Balaban J connectivity index is 1.42. The summed E-state index contributed by atoms with van der Waals surface area (Å²) in [6.45, 7) is 2.81. The van der Waals surface area contributed by atoms with Crippen LogP contribution in [-0.2, 0) is 29.0 Å². The van der Waals surface area contributed by atoms with Gasteiger partial charge in [0.15, 0.2) is 0 Å². The van der Waals surface area contributed by atoms with Crippen LogP contribution in [0.2, 0.25) is 0 Å². The van der Waals surface area contributed by atoms with Crippen molar-refractivity contribution in [3.05, 3.63) is 47.5 Å². The summed E-state index contributed by atoms with van der Waals surface area (Å²) in [6.07, 6.45) is 4.99. The highest BCUT2D eigenvalue weighted by Gasteiger charge is 2.27. The molecule has 2 amide bonds. The predicted molar refractivity (Wildman–Crippen MR) is 94.3 cm³/mol. The number of hydrogen-bond donors (Lipinski definition) is 1. The number of para-hydroxylation sites is 1. The fraction of sp³-hybridized carbons (Fsp3) is 0.421. The van der Waals surface area contributed by atoms with Crippen LogP contribution in [0.15, 0.2) is 30.5 Å². The Bertz CT molecular complexity index is 827. The van der Waals surface area contributed by atoms with Gasteiger partial charge in [-0.05, 0) is 31.4 Å². The first-order chi connectivity index (χ1) is 12.1. The lowest BCUT2D eigenvalue weighted by molar-refractivity contribution is -0.124. The standard InChI is InChI=1S/C19H22N4O2/c1-13-10-22-11-15(7-8-17(22)20-13)21-18(24)12-23-16-5-3-2-4-14(16)6-9-19(23)25/h2-5,10,15H,6-9,11-12H2,1H3,(H,21,24)/t15-/m0/s1. The predicted octanol–water partition coefficient (Wildman–Crippen LogP) is 1.60. The number of fused-ring (bicyclic) bond motifs is 2. The Labute approximate surface area is 146 Å². The minimum Gasteiger partial charge on any atom is -0.350 e. The number of imidazole rings is 1. The summed E-state index contributed by atoms with van der Waals surface area (Å²) in [6, 6.07) is 7.91. The van der Waals surface area contributed by atoms with Crippen LogP contribution in [0.1, 0.15) is 29.9 Å². The summed E-state index contributed by atoms with van der Waals surface area (Å²) in [5.41, 5.74) is 3.01. The molecule has 3 heterocycles. The van der Waals surface area contributed by atoms with Crippen LogP contribution >= 0.6 is 0 Å². The van der Waals surface area contributed by atoms with Crippen molar-refractivity contribution in [1.29, 1.82) is 0 Å². The van der Waals surface area contributed by atoms with Gasteiger partial charge in [0.1, 0.15) is 12.4 Å². The van der Waals surface area contributed by atoms with Crippen molar-refractivity contribution in [3.63, 3.8) is 0 Å². The molecular weight excluding hydrogens is 316 g/mol. The molecule has 1 atom stereocenters. The molecule has 2 aliphatic rings. The maximum absolute atomic E-state index is 12.5. The fourth-order valence-electron chi connectivity index (χ4n) is 3.79. The molecule has 2 aromatic rings. The van der Waals surface area contributed by atoms with E-state index in [4.69, 9.17) is 0 Å². The largest absolute Gasteiger partial charge is 0.350 e. The van der Waals surface area contributed by atoms with Gasteiger partial charge in [0.05, 0.1) is 5.69 Å². The molecule has 6 nitrogen and oxygen atoms in total. The van der Waals surface area contributed by atoms with Crippen molar-refractivity contribution >= 4 is 17.5 Å². The molecule has 25 heavy (non-hydrogen) atoms. The lowest BCUT2D eigenvalue weighted by Gasteiger charge is -2.30. The minimum absolute atomic E-state index is 0.0185. The first-order valence-corrected chi connectivity index (χ1v) is 8.80. The Kier molecular flexibility index (Phi) is 4.03. The van der Waals surface area contributed by atoms with Gasteiger partial charge in [-0.15, -0.1) is 0 Å². The molecule has 1 N–H and O–H groups in total. The Morgan fingerprint density at radius 1 is 1.28 bits per heavy atom. The molecule has 1 aromatic carbocycles. The number of nitrogens with zero attached hydrogens (tertiary/aromatic N) is 3. The second-order valence-corrected chi connectivity index (χ2v) is 6.86. The average molecular weight is 338 g/mol. The van der Waals surface area contributed by atoms with Crippen molar-refractivity contribution in [3.8, 4) is 0 Å². The number of rotatable bonds is 3. The smallest absolute Gasteiger partial charge is 0.240 e. The second kappa shape index (κ2) is 6.35. The second-order valence-electron chi connectivity index (χ2n) is 6.86. The van der Waals surface area contributed by atoms with Crippen LogP contribution in [-0.4, -0.2) is 34.0 Å². The van der Waals surface area contributed by atoms with E-state index >= 15 is 0 Å². The number of hydrogen-bond acceptors (Lipinski definition) is 3. The number of aromatic nitrogens is 2. The number of anilines is 1. The fourth-order valence-corrected chi connectivity index (χ4v) is 3.79. The van der Waals surface area contributed by atoms with E-state index in [1.165, 1.54) is 0 Å². The van der Waals surface area contributed by atoms with Gasteiger partial charge in [-0.25, -0.2) is 4.98 Å². The van der Waals surface area contributed by atoms with E-state index in [0.717, 1.165) is 48.6 Å². The van der Waals surface area contributed by atoms with Crippen LogP contribution in [0.3, 0.4) is 0 Å². The quantitative estimate of drug-likeness (QED) is 0.924. The average Bonchev–Trinajstić information content (AvgIpc) is 2.97. The van der Waals surface area contributed by atoms with Gasteiger partial charge >= 0.3 is 0 Å². The number of carbonyl (C=O) groups excluding carboxylic acids is 2. The molecule has 0 bridgehead atoms. The molecule has 6 heteroatoms. The first-order valence-electron chi connectivity index (χ1n) is 8.80. The molecule has 1 aromatic heterocycles. The van der Waals surface area contributed by atoms with Crippen molar-refractivity contribution in [1.82, 2.24) is 14.9 Å². The molecule has 130 valence electrons. The third-order valence-corrected chi connectivity index (χ3v) is 4.97. The summed E-state index contributed by atoms with van der Waals surface area (Å²) in [5, 5.41) is 3.09. The van der Waals surface area contributed by atoms with Crippen LogP contribution in [0.4, 0.5) is 5.69 Å². The van der Waals surface area contributed by atoms with E-state index < -0.39 is 0 Å². The third-order valence-electron chi connectivity index (χ3n) is 4.97. The molecule has 4 rings (SSSR count). The van der Waals surface area contributed by atoms with Crippen LogP contribution in [0, 0.1) is 6.92 Å². The van der Waals surface area contributed by atoms with E-state index in [1.54, 1.807) is 4.90 Å². The zero-order chi connectivity index (χ0) is 17.4. The first kappa shape index (κ1) is 15.9. The topological polar surface area (TPSA) is 67.2 Å². The van der Waals surface area contributed by atoms with Crippen LogP contribution in [0.5, 0.6) is 0 Å². The highest BCUT2D eigenvalue weighted by atomic mass is 16.2. The Morgan fingerprint density at radius 2 is 2.12 bits per heavy atom. The van der Waals surface area contributed by atoms with Gasteiger partial charge < -0.3 is 14.8 Å². The molecule has 2 aliphatic heterocycles. The highest BCUT2D eigenvalue weighted by molar-refractivity contribution is 6.01. The summed E-state index contributed by atoms with van der Waals surface area (Å²) in [7, 11) is 0. The van der Waals surface area contributed by atoms with Gasteiger partial charge in [-0.3, -0.25) is 9.59 Å². The lowest BCUT2D eigenvalue weighted by Crippen LogP contribution is -2.47. The molecule has 0 spiro atoms. The SMILES string of the molecule is Cc1cn2c(n1)CC[C@H](NC(=O)CN1C(=O)CCc3ccccc31)C2. The van der Waals surface area contributed by atoms with E-state index in [1.807, 2.05) is 37.4 Å². The maximum atomic E-state index is 12.5. The van der Waals surface area contributed by atoms with Gasteiger partial charge in [-0.1, -0.05) is 18.2 Å². The van der Waals surface area contributed by atoms with Gasteiger partial charge in [0, 0.05) is 37.3 Å². The Hall–Kier alpha value is -2.63. The monoisotopic (exact) mass is 338 g/mol. The third kappa shape index (κ3) is 3.16. The molecule has 0 fully saturated rings. The van der Waals surface area contributed by atoms with Crippen molar-refractivity contribution in [2.24, 2.45) is 0 Å².